The van der Waals surface area contributed by atoms with Crippen molar-refractivity contribution in [2.75, 3.05) is 5.73 Å². The number of nitrogen functional groups attached to an aromatic ring is 1. The van der Waals surface area contributed by atoms with Gasteiger partial charge < -0.3 is 5.73 Å². The van der Waals surface area contributed by atoms with Crippen LogP contribution >= 0.6 is 11.3 Å². The van der Waals surface area contributed by atoms with Crippen molar-refractivity contribution in [2.24, 2.45) is 0 Å². The lowest BCUT2D eigenvalue weighted by molar-refractivity contribution is 0.628. The zero-order chi connectivity index (χ0) is 10.8. The van der Waals surface area contributed by atoms with Gasteiger partial charge >= 0.3 is 0 Å². The SMILES string of the molecule is N#Cc1sc(-c2cccc(F)c2)cc1N. The number of nitrogens with two attached hydrogens (primary N) is 1. The first-order valence-electron chi connectivity index (χ1n) is 4.26. The number of benzene rings is 1. The molecule has 2 nitrogen and oxygen atoms in total. The maximum atomic E-state index is 13.0. The van der Waals surface area contributed by atoms with Crippen LogP contribution in [-0.4, -0.2) is 0 Å². The Balaban J connectivity index is 2.51. The molecule has 2 aromatic rings. The Kier molecular flexibility index (Phi) is 2.40. The molecule has 0 aliphatic carbocycles. The molecule has 0 radical (unpaired) electrons. The molecule has 1 heterocycles. The van der Waals surface area contributed by atoms with Crippen LogP contribution in [0.4, 0.5) is 10.1 Å². The summed E-state index contributed by atoms with van der Waals surface area (Å²) in [7, 11) is 0. The van der Waals surface area contributed by atoms with E-state index in [9.17, 15) is 4.39 Å². The molecule has 0 unspecified atom stereocenters. The van der Waals surface area contributed by atoms with Crippen LogP contribution < -0.4 is 5.73 Å². The van der Waals surface area contributed by atoms with Crippen molar-refractivity contribution in [1.29, 1.82) is 5.26 Å². The molecule has 2 rings (SSSR count). The third-order valence-electron chi connectivity index (χ3n) is 1.97. The van der Waals surface area contributed by atoms with Crippen LogP contribution in [0.1, 0.15) is 4.88 Å². The number of halogens is 1. The second-order valence-corrected chi connectivity index (χ2v) is 4.07. The van der Waals surface area contributed by atoms with Crippen LogP contribution in [0, 0.1) is 17.1 Å². The summed E-state index contributed by atoms with van der Waals surface area (Å²) in [4.78, 5) is 1.28. The van der Waals surface area contributed by atoms with Crippen molar-refractivity contribution >= 4 is 17.0 Å². The second-order valence-electron chi connectivity index (χ2n) is 3.02. The summed E-state index contributed by atoms with van der Waals surface area (Å²) in [6, 6.07) is 9.91. The molecule has 0 saturated heterocycles. The minimum absolute atomic E-state index is 0.294. The van der Waals surface area contributed by atoms with Crippen molar-refractivity contribution in [3.63, 3.8) is 0 Å². The maximum absolute atomic E-state index is 13.0. The van der Waals surface area contributed by atoms with Crippen LogP contribution in [0.3, 0.4) is 0 Å². The Labute approximate surface area is 90.4 Å². The molecule has 0 spiro atoms. The number of rotatable bonds is 1. The lowest BCUT2D eigenvalue weighted by Gasteiger charge is -1.95. The summed E-state index contributed by atoms with van der Waals surface area (Å²) in [5.74, 6) is -0.294. The summed E-state index contributed by atoms with van der Waals surface area (Å²) in [5.41, 5.74) is 6.81. The molecule has 0 aliphatic rings. The first-order chi connectivity index (χ1) is 7.20. The quantitative estimate of drug-likeness (QED) is 0.799. The molecule has 2 N–H and O–H groups in total. The van der Waals surface area contributed by atoms with Gasteiger partial charge in [-0.2, -0.15) is 5.26 Å². The van der Waals surface area contributed by atoms with E-state index in [1.807, 2.05) is 6.07 Å². The first-order valence-corrected chi connectivity index (χ1v) is 5.07. The normalized spacial score (nSPS) is 9.87. The number of hydrogen-bond acceptors (Lipinski definition) is 3. The van der Waals surface area contributed by atoms with Crippen molar-refractivity contribution in [3.05, 3.63) is 41.0 Å². The van der Waals surface area contributed by atoms with Crippen molar-refractivity contribution in [2.45, 2.75) is 0 Å². The van der Waals surface area contributed by atoms with Crippen molar-refractivity contribution in [1.82, 2.24) is 0 Å². The summed E-state index contributed by atoms with van der Waals surface area (Å²) in [6.45, 7) is 0. The molecule has 4 heteroatoms. The van der Waals surface area contributed by atoms with Gasteiger partial charge in [0, 0.05) is 4.88 Å². The topological polar surface area (TPSA) is 49.8 Å². The minimum Gasteiger partial charge on any atom is -0.397 e. The Bertz CT molecular complexity index is 540. The molecule has 1 aromatic carbocycles. The molecular formula is C11H7FN2S. The molecule has 74 valence electrons. The van der Waals surface area contributed by atoms with E-state index in [0.29, 0.717) is 10.6 Å². The van der Waals surface area contributed by atoms with Crippen molar-refractivity contribution in [3.8, 4) is 16.5 Å². The van der Waals surface area contributed by atoms with Crippen LogP contribution in [0.15, 0.2) is 30.3 Å². The average Bonchev–Trinajstić information content (AvgIpc) is 2.60. The summed E-state index contributed by atoms with van der Waals surface area (Å²) in [5, 5.41) is 8.74. The van der Waals surface area contributed by atoms with Gasteiger partial charge in [-0.05, 0) is 23.8 Å². The molecule has 1 aromatic heterocycles. The van der Waals surface area contributed by atoms with Crippen LogP contribution in [0.2, 0.25) is 0 Å². The average molecular weight is 218 g/mol. The van der Waals surface area contributed by atoms with Gasteiger partial charge in [0.25, 0.3) is 0 Å². The number of anilines is 1. The highest BCUT2D eigenvalue weighted by atomic mass is 32.1. The third-order valence-corrected chi connectivity index (χ3v) is 3.08. The molecule has 0 bridgehead atoms. The Morgan fingerprint density at radius 1 is 1.33 bits per heavy atom. The predicted octanol–water partition coefficient (Wildman–Crippen LogP) is 3.01. The lowest BCUT2D eigenvalue weighted by atomic mass is 10.2. The van der Waals surface area contributed by atoms with Gasteiger partial charge in [-0.3, -0.25) is 0 Å². The van der Waals surface area contributed by atoms with Gasteiger partial charge in [-0.25, -0.2) is 4.39 Å². The summed E-state index contributed by atoms with van der Waals surface area (Å²) < 4.78 is 13.0. The molecule has 0 saturated carbocycles. The van der Waals surface area contributed by atoms with E-state index in [-0.39, 0.29) is 5.82 Å². The third kappa shape index (κ3) is 1.83. The predicted molar refractivity (Wildman–Crippen MR) is 58.8 cm³/mol. The smallest absolute Gasteiger partial charge is 0.128 e. The standard InChI is InChI=1S/C11H7FN2S/c12-8-3-1-2-7(4-8)10-5-9(14)11(6-13)15-10/h1-5H,14H2. The fourth-order valence-corrected chi connectivity index (χ4v) is 2.15. The fourth-order valence-electron chi connectivity index (χ4n) is 1.28. The van der Waals surface area contributed by atoms with Gasteiger partial charge in [0.2, 0.25) is 0 Å². The van der Waals surface area contributed by atoms with E-state index in [1.165, 1.54) is 23.5 Å². The molecule has 0 fully saturated rings. The zero-order valence-electron chi connectivity index (χ0n) is 7.70. The van der Waals surface area contributed by atoms with Crippen molar-refractivity contribution < 1.29 is 4.39 Å². The monoisotopic (exact) mass is 218 g/mol. The minimum atomic E-state index is -0.294. The van der Waals surface area contributed by atoms with Gasteiger partial charge in [0.15, 0.2) is 0 Å². The largest absolute Gasteiger partial charge is 0.397 e. The van der Waals surface area contributed by atoms with Gasteiger partial charge in [-0.1, -0.05) is 12.1 Å². The zero-order valence-corrected chi connectivity index (χ0v) is 8.51. The van der Waals surface area contributed by atoms with E-state index in [1.54, 1.807) is 18.2 Å². The summed E-state index contributed by atoms with van der Waals surface area (Å²) >= 11 is 1.27. The fraction of sp³-hybridized carbons (Fsp3) is 0. The van der Waals surface area contributed by atoms with E-state index in [2.05, 4.69) is 0 Å². The van der Waals surface area contributed by atoms with Crippen LogP contribution in [-0.2, 0) is 0 Å². The van der Waals surface area contributed by atoms with Crippen LogP contribution in [0.5, 0.6) is 0 Å². The number of thiophene rings is 1. The van der Waals surface area contributed by atoms with E-state index in [0.717, 1.165) is 10.4 Å². The lowest BCUT2D eigenvalue weighted by Crippen LogP contribution is -1.81. The summed E-state index contributed by atoms with van der Waals surface area (Å²) in [6.07, 6.45) is 0. The molecule has 0 atom stereocenters. The Hall–Kier alpha value is -1.86. The van der Waals surface area contributed by atoms with Gasteiger partial charge in [-0.15, -0.1) is 11.3 Å². The highest BCUT2D eigenvalue weighted by Crippen LogP contribution is 2.32. The first kappa shape index (κ1) is 9.69. The molecule has 15 heavy (non-hydrogen) atoms. The van der Waals surface area contributed by atoms with Gasteiger partial charge in [0.05, 0.1) is 5.69 Å². The van der Waals surface area contributed by atoms with E-state index >= 15 is 0 Å². The molecule has 0 amide bonds. The maximum Gasteiger partial charge on any atom is 0.128 e. The number of nitriles is 1. The van der Waals surface area contributed by atoms with E-state index in [4.69, 9.17) is 11.0 Å². The van der Waals surface area contributed by atoms with Gasteiger partial charge in [0.1, 0.15) is 16.8 Å². The number of hydrogen-bond donors (Lipinski definition) is 1. The molecule has 0 aliphatic heterocycles. The second kappa shape index (κ2) is 3.71. The van der Waals surface area contributed by atoms with Crippen LogP contribution in [0.25, 0.3) is 10.4 Å². The highest BCUT2D eigenvalue weighted by molar-refractivity contribution is 7.16. The van der Waals surface area contributed by atoms with E-state index < -0.39 is 0 Å². The Morgan fingerprint density at radius 2 is 2.13 bits per heavy atom. The number of nitrogens with zero attached hydrogens (tertiary/aromatic N) is 1. The molecular weight excluding hydrogens is 211 g/mol. The Morgan fingerprint density at radius 3 is 2.73 bits per heavy atom. The highest BCUT2D eigenvalue weighted by Gasteiger charge is 2.07.